The lowest BCUT2D eigenvalue weighted by Crippen LogP contribution is -2.22. The lowest BCUT2D eigenvalue weighted by molar-refractivity contribution is 0.330. The number of nitrogens with zero attached hydrogens (tertiary/aromatic N) is 3. The molecule has 0 aliphatic heterocycles. The first kappa shape index (κ1) is 16.4. The number of thiazole rings is 1. The fourth-order valence-electron chi connectivity index (χ4n) is 2.16. The number of aryl methyl sites for hydroxylation is 1. The van der Waals surface area contributed by atoms with Crippen LogP contribution < -0.4 is 0 Å². The smallest absolute Gasteiger partial charge is 0.0928 e. The number of pyridine rings is 1. The van der Waals surface area contributed by atoms with Crippen molar-refractivity contribution in [1.82, 2.24) is 14.9 Å². The predicted molar refractivity (Wildman–Crippen MR) is 90.0 cm³/mol. The Bertz CT molecular complexity index is 515. The van der Waals surface area contributed by atoms with Gasteiger partial charge in [0.15, 0.2) is 0 Å². The molecule has 0 fully saturated rings. The second kappa shape index (κ2) is 9.13. The third-order valence-electron chi connectivity index (χ3n) is 3.45. The number of likely N-dealkylation sites (N-methyl/N-ethyl adjacent to an activating group) is 1. The third kappa shape index (κ3) is 6.12. The molecule has 0 bridgehead atoms. The molecule has 0 atom stereocenters. The van der Waals surface area contributed by atoms with Gasteiger partial charge in [0.2, 0.25) is 0 Å². The van der Waals surface area contributed by atoms with Crippen molar-refractivity contribution < 1.29 is 0 Å². The van der Waals surface area contributed by atoms with E-state index in [0.29, 0.717) is 5.88 Å². The van der Waals surface area contributed by atoms with E-state index in [0.717, 1.165) is 31.6 Å². The first-order chi connectivity index (χ1) is 10.3. The summed E-state index contributed by atoms with van der Waals surface area (Å²) < 4.78 is 0. The van der Waals surface area contributed by atoms with Crippen molar-refractivity contribution in [2.75, 3.05) is 20.1 Å². The van der Waals surface area contributed by atoms with E-state index < -0.39 is 0 Å². The Morgan fingerprint density at radius 2 is 1.95 bits per heavy atom. The van der Waals surface area contributed by atoms with Gasteiger partial charge in [-0.05, 0) is 57.0 Å². The van der Waals surface area contributed by atoms with Crippen LogP contribution in [0.15, 0.2) is 29.9 Å². The SMILES string of the molecule is CN(CCCCc1nc(CCl)cs1)CCc1ccncc1. The lowest BCUT2D eigenvalue weighted by Gasteiger charge is -2.16. The summed E-state index contributed by atoms with van der Waals surface area (Å²) in [5.41, 5.74) is 2.36. The van der Waals surface area contributed by atoms with Crippen LogP contribution in [0.5, 0.6) is 0 Å². The van der Waals surface area contributed by atoms with Crippen molar-refractivity contribution in [3.05, 3.63) is 46.2 Å². The summed E-state index contributed by atoms with van der Waals surface area (Å²) in [5, 5.41) is 3.27. The van der Waals surface area contributed by atoms with Crippen LogP contribution in [-0.4, -0.2) is 35.0 Å². The van der Waals surface area contributed by atoms with Crippen molar-refractivity contribution >= 4 is 22.9 Å². The summed E-state index contributed by atoms with van der Waals surface area (Å²) >= 11 is 7.49. The Morgan fingerprint density at radius 1 is 1.14 bits per heavy atom. The molecule has 2 aromatic rings. The zero-order chi connectivity index (χ0) is 14.9. The van der Waals surface area contributed by atoms with Gasteiger partial charge in [0.1, 0.15) is 0 Å². The molecule has 114 valence electrons. The molecule has 0 amide bonds. The number of hydrogen-bond donors (Lipinski definition) is 0. The molecule has 0 N–H and O–H groups in total. The fraction of sp³-hybridized carbons (Fsp3) is 0.500. The van der Waals surface area contributed by atoms with Crippen molar-refractivity contribution in [3.8, 4) is 0 Å². The zero-order valence-electron chi connectivity index (χ0n) is 12.5. The van der Waals surface area contributed by atoms with E-state index in [9.17, 15) is 0 Å². The molecule has 3 nitrogen and oxygen atoms in total. The Morgan fingerprint density at radius 3 is 2.67 bits per heavy atom. The quantitative estimate of drug-likeness (QED) is 0.519. The number of rotatable bonds is 9. The van der Waals surface area contributed by atoms with Crippen LogP contribution in [0.2, 0.25) is 0 Å². The highest BCUT2D eigenvalue weighted by Gasteiger charge is 2.03. The van der Waals surface area contributed by atoms with Crippen molar-refractivity contribution in [2.45, 2.75) is 31.6 Å². The van der Waals surface area contributed by atoms with Crippen LogP contribution in [-0.2, 0) is 18.7 Å². The van der Waals surface area contributed by atoms with Crippen molar-refractivity contribution in [1.29, 1.82) is 0 Å². The lowest BCUT2D eigenvalue weighted by atomic mass is 10.2. The van der Waals surface area contributed by atoms with Gasteiger partial charge in [-0.3, -0.25) is 4.98 Å². The number of hydrogen-bond acceptors (Lipinski definition) is 4. The Kier molecular flexibility index (Phi) is 7.13. The third-order valence-corrected chi connectivity index (χ3v) is 4.68. The number of unbranched alkanes of at least 4 members (excludes halogenated alkanes) is 1. The summed E-state index contributed by atoms with van der Waals surface area (Å²) in [6.07, 6.45) is 8.28. The first-order valence-electron chi connectivity index (χ1n) is 7.34. The summed E-state index contributed by atoms with van der Waals surface area (Å²) in [5.74, 6) is 0.522. The summed E-state index contributed by atoms with van der Waals surface area (Å²) in [6.45, 7) is 2.23. The molecular formula is C16H22ClN3S. The Labute approximate surface area is 136 Å². The fourth-order valence-corrected chi connectivity index (χ4v) is 3.23. The van der Waals surface area contributed by atoms with Crippen LogP contribution in [0.1, 0.15) is 29.1 Å². The van der Waals surface area contributed by atoms with Gasteiger partial charge in [-0.1, -0.05) is 0 Å². The molecule has 0 unspecified atom stereocenters. The van der Waals surface area contributed by atoms with E-state index in [-0.39, 0.29) is 0 Å². The van der Waals surface area contributed by atoms with Gasteiger partial charge < -0.3 is 4.90 Å². The van der Waals surface area contributed by atoms with E-state index >= 15 is 0 Å². The van der Waals surface area contributed by atoms with Gasteiger partial charge >= 0.3 is 0 Å². The van der Waals surface area contributed by atoms with E-state index in [1.165, 1.54) is 23.4 Å². The Hall–Kier alpha value is -0.970. The molecule has 2 heterocycles. The van der Waals surface area contributed by atoms with Gasteiger partial charge in [-0.25, -0.2) is 4.98 Å². The summed E-state index contributed by atoms with van der Waals surface area (Å²) in [6, 6.07) is 4.18. The summed E-state index contributed by atoms with van der Waals surface area (Å²) in [4.78, 5) is 10.9. The minimum absolute atomic E-state index is 0.522. The molecule has 0 aliphatic rings. The van der Waals surface area contributed by atoms with Gasteiger partial charge in [0, 0.05) is 24.3 Å². The molecule has 0 aromatic carbocycles. The molecule has 2 aromatic heterocycles. The molecule has 21 heavy (non-hydrogen) atoms. The van der Waals surface area contributed by atoms with Crippen LogP contribution in [0.4, 0.5) is 0 Å². The largest absolute Gasteiger partial charge is 0.306 e. The highest BCUT2D eigenvalue weighted by Crippen LogP contribution is 2.14. The van der Waals surface area contributed by atoms with Crippen LogP contribution in [0, 0.1) is 0 Å². The minimum Gasteiger partial charge on any atom is -0.306 e. The number of halogens is 1. The zero-order valence-corrected chi connectivity index (χ0v) is 14.0. The maximum absolute atomic E-state index is 5.76. The molecular weight excluding hydrogens is 302 g/mol. The second-order valence-corrected chi connectivity index (χ2v) is 6.44. The first-order valence-corrected chi connectivity index (χ1v) is 8.76. The minimum atomic E-state index is 0.522. The molecule has 0 saturated carbocycles. The molecule has 0 aliphatic carbocycles. The topological polar surface area (TPSA) is 29.0 Å². The van der Waals surface area contributed by atoms with Crippen LogP contribution in [0.3, 0.4) is 0 Å². The van der Waals surface area contributed by atoms with Gasteiger partial charge in [0.05, 0.1) is 16.6 Å². The van der Waals surface area contributed by atoms with Crippen LogP contribution >= 0.6 is 22.9 Å². The van der Waals surface area contributed by atoms with Crippen LogP contribution in [0.25, 0.3) is 0 Å². The maximum atomic E-state index is 5.76. The predicted octanol–water partition coefficient (Wildman–Crippen LogP) is 3.77. The second-order valence-electron chi connectivity index (χ2n) is 5.23. The average molecular weight is 324 g/mol. The molecule has 0 spiro atoms. The molecule has 2 rings (SSSR count). The highest BCUT2D eigenvalue weighted by molar-refractivity contribution is 7.09. The van der Waals surface area contributed by atoms with E-state index in [4.69, 9.17) is 11.6 Å². The summed E-state index contributed by atoms with van der Waals surface area (Å²) in [7, 11) is 2.19. The van der Waals surface area contributed by atoms with Gasteiger partial charge in [-0.2, -0.15) is 0 Å². The van der Waals surface area contributed by atoms with E-state index in [1.807, 2.05) is 12.4 Å². The standard InChI is InChI=1S/C16H22ClN3S/c1-20(11-7-14-5-8-18-9-6-14)10-3-2-4-16-19-15(12-17)13-21-16/h5-6,8-9,13H,2-4,7,10-12H2,1H3. The molecule has 0 saturated heterocycles. The maximum Gasteiger partial charge on any atom is 0.0928 e. The van der Waals surface area contributed by atoms with Gasteiger partial charge in [-0.15, -0.1) is 22.9 Å². The number of alkyl halides is 1. The van der Waals surface area contributed by atoms with E-state index in [2.05, 4.69) is 39.4 Å². The molecule has 0 radical (unpaired) electrons. The molecule has 5 heteroatoms. The average Bonchev–Trinajstić information content (AvgIpc) is 2.98. The van der Waals surface area contributed by atoms with Crippen molar-refractivity contribution in [2.24, 2.45) is 0 Å². The van der Waals surface area contributed by atoms with E-state index in [1.54, 1.807) is 11.3 Å². The number of aromatic nitrogens is 2. The highest BCUT2D eigenvalue weighted by atomic mass is 35.5. The monoisotopic (exact) mass is 323 g/mol. The Balaban J connectivity index is 1.57. The van der Waals surface area contributed by atoms with Gasteiger partial charge in [0.25, 0.3) is 0 Å². The van der Waals surface area contributed by atoms with Crippen molar-refractivity contribution in [3.63, 3.8) is 0 Å². The normalized spacial score (nSPS) is 11.2.